The minimum Gasteiger partial charge on any atom is -0.369 e. The molecule has 1 heterocycles. The Kier molecular flexibility index (Phi) is 7.95. The van der Waals surface area contributed by atoms with Gasteiger partial charge in [0.15, 0.2) is 0 Å². The van der Waals surface area contributed by atoms with Crippen LogP contribution < -0.4 is 10.2 Å². The number of nitrogens with zero attached hydrogens (tertiary/aromatic N) is 2. The molecule has 3 rings (SSSR count). The lowest BCUT2D eigenvalue weighted by Crippen LogP contribution is -2.50. The second-order valence-electron chi connectivity index (χ2n) is 8.43. The van der Waals surface area contributed by atoms with Crippen molar-refractivity contribution >= 4 is 21.6 Å². The molecule has 29 heavy (non-hydrogen) atoms. The predicted octanol–water partition coefficient (Wildman–Crippen LogP) is 2.92. The van der Waals surface area contributed by atoms with E-state index in [1.807, 2.05) is 6.07 Å². The van der Waals surface area contributed by atoms with Gasteiger partial charge in [-0.3, -0.25) is 4.79 Å². The molecular weight excluding hydrogens is 386 g/mol. The van der Waals surface area contributed by atoms with E-state index in [1.54, 1.807) is 4.31 Å². The summed E-state index contributed by atoms with van der Waals surface area (Å²) < 4.78 is 26.8. The highest BCUT2D eigenvalue weighted by molar-refractivity contribution is 7.89. The Morgan fingerprint density at radius 3 is 2.52 bits per heavy atom. The number of carbonyl (C=O) groups is 1. The van der Waals surface area contributed by atoms with Gasteiger partial charge in [0.2, 0.25) is 15.9 Å². The third-order valence-electron chi connectivity index (χ3n) is 6.19. The van der Waals surface area contributed by atoms with E-state index in [-0.39, 0.29) is 18.2 Å². The zero-order valence-corrected chi connectivity index (χ0v) is 18.4. The highest BCUT2D eigenvalue weighted by Gasteiger charge is 2.27. The molecule has 162 valence electrons. The van der Waals surface area contributed by atoms with E-state index in [2.05, 4.69) is 35.3 Å². The molecule has 1 saturated carbocycles. The highest BCUT2D eigenvalue weighted by atomic mass is 32.2. The van der Waals surface area contributed by atoms with Gasteiger partial charge in [-0.1, -0.05) is 44.2 Å². The van der Waals surface area contributed by atoms with E-state index >= 15 is 0 Å². The normalized spacial score (nSPS) is 19.3. The number of hydrogen-bond donors (Lipinski definition) is 1. The van der Waals surface area contributed by atoms with E-state index in [4.69, 9.17) is 0 Å². The van der Waals surface area contributed by atoms with E-state index in [9.17, 15) is 13.2 Å². The van der Waals surface area contributed by atoms with Gasteiger partial charge in [0, 0.05) is 44.8 Å². The predicted molar refractivity (Wildman–Crippen MR) is 118 cm³/mol. The summed E-state index contributed by atoms with van der Waals surface area (Å²) >= 11 is 0. The second-order valence-corrected chi connectivity index (χ2v) is 10.5. The van der Waals surface area contributed by atoms with Gasteiger partial charge in [-0.05, 0) is 37.0 Å². The van der Waals surface area contributed by atoms with E-state index in [0.717, 1.165) is 12.1 Å². The summed E-state index contributed by atoms with van der Waals surface area (Å²) in [5, 5.41) is 2.80. The molecule has 1 aliphatic carbocycles. The van der Waals surface area contributed by atoms with Gasteiger partial charge >= 0.3 is 0 Å². The van der Waals surface area contributed by atoms with Crippen LogP contribution in [0.4, 0.5) is 5.69 Å². The van der Waals surface area contributed by atoms with Gasteiger partial charge in [0.05, 0.1) is 5.75 Å². The molecule has 2 aliphatic rings. The molecule has 0 atom stereocenters. The Hall–Kier alpha value is -1.60. The summed E-state index contributed by atoms with van der Waals surface area (Å²) in [7, 11) is -3.34. The fourth-order valence-electron chi connectivity index (χ4n) is 4.40. The van der Waals surface area contributed by atoms with Crippen molar-refractivity contribution in [2.24, 2.45) is 5.92 Å². The number of aryl methyl sites for hydroxylation is 1. The van der Waals surface area contributed by atoms with Crippen molar-refractivity contribution in [1.82, 2.24) is 9.62 Å². The standard InChI is InChI=1S/C22H35N3O3S/c1-19-6-5-9-21(18-19)24-13-15-25(16-14-24)29(27,28)17-12-23-22(26)11-10-20-7-3-2-4-8-20/h5-6,9,18,20H,2-4,7-8,10-17H2,1H3,(H,23,26). The minimum absolute atomic E-state index is 0.0185. The first kappa shape index (κ1) is 22.1. The second kappa shape index (κ2) is 10.4. The number of amides is 1. The van der Waals surface area contributed by atoms with Crippen molar-refractivity contribution in [3.8, 4) is 0 Å². The van der Waals surface area contributed by atoms with Crippen LogP contribution in [0.1, 0.15) is 50.5 Å². The number of benzene rings is 1. The van der Waals surface area contributed by atoms with Gasteiger partial charge in [0.1, 0.15) is 0 Å². The average Bonchev–Trinajstić information content (AvgIpc) is 2.73. The quantitative estimate of drug-likeness (QED) is 0.701. The molecule has 1 saturated heterocycles. The average molecular weight is 422 g/mol. The van der Waals surface area contributed by atoms with Crippen molar-refractivity contribution < 1.29 is 13.2 Å². The Bertz CT molecular complexity index is 767. The zero-order chi connectivity index (χ0) is 20.7. The monoisotopic (exact) mass is 421 g/mol. The van der Waals surface area contributed by atoms with Gasteiger partial charge in [-0.25, -0.2) is 8.42 Å². The van der Waals surface area contributed by atoms with Gasteiger partial charge in [-0.2, -0.15) is 4.31 Å². The van der Waals surface area contributed by atoms with E-state index < -0.39 is 10.0 Å². The molecule has 0 spiro atoms. The maximum Gasteiger partial charge on any atom is 0.220 e. The third-order valence-corrected chi connectivity index (χ3v) is 8.06. The number of nitrogens with one attached hydrogen (secondary N) is 1. The lowest BCUT2D eigenvalue weighted by atomic mass is 9.86. The molecule has 7 heteroatoms. The Morgan fingerprint density at radius 2 is 1.83 bits per heavy atom. The largest absolute Gasteiger partial charge is 0.369 e. The summed E-state index contributed by atoms with van der Waals surface area (Å²) in [4.78, 5) is 14.3. The summed E-state index contributed by atoms with van der Waals surface area (Å²) in [5.74, 6) is 0.630. The summed E-state index contributed by atoms with van der Waals surface area (Å²) in [6.45, 7) is 4.63. The maximum absolute atomic E-state index is 12.6. The Labute approximate surface area is 175 Å². The first-order valence-electron chi connectivity index (χ1n) is 11.0. The number of anilines is 1. The van der Waals surface area contributed by atoms with Gasteiger partial charge in [-0.15, -0.1) is 0 Å². The molecule has 2 fully saturated rings. The van der Waals surface area contributed by atoms with Crippen molar-refractivity contribution in [3.63, 3.8) is 0 Å². The molecule has 0 bridgehead atoms. The van der Waals surface area contributed by atoms with Crippen molar-refractivity contribution in [2.45, 2.75) is 51.9 Å². The number of carbonyl (C=O) groups excluding carboxylic acids is 1. The van der Waals surface area contributed by atoms with Crippen LogP contribution in [0.5, 0.6) is 0 Å². The first-order chi connectivity index (χ1) is 13.9. The molecule has 0 radical (unpaired) electrons. The van der Waals surface area contributed by atoms with Crippen LogP contribution in [0.25, 0.3) is 0 Å². The lowest BCUT2D eigenvalue weighted by molar-refractivity contribution is -0.121. The number of piperazine rings is 1. The number of sulfonamides is 1. The van der Waals surface area contributed by atoms with Crippen molar-refractivity contribution in [3.05, 3.63) is 29.8 Å². The Balaban J connectivity index is 1.37. The molecule has 0 aromatic heterocycles. The van der Waals surface area contributed by atoms with Crippen LogP contribution in [-0.4, -0.2) is 57.1 Å². The maximum atomic E-state index is 12.6. The van der Waals surface area contributed by atoms with Crippen LogP contribution in [0.2, 0.25) is 0 Å². The summed E-state index contributed by atoms with van der Waals surface area (Å²) in [5.41, 5.74) is 2.35. The lowest BCUT2D eigenvalue weighted by Gasteiger charge is -2.35. The molecule has 1 aromatic rings. The topological polar surface area (TPSA) is 69.7 Å². The summed E-state index contributed by atoms with van der Waals surface area (Å²) in [6, 6.07) is 8.30. The molecule has 1 aromatic carbocycles. The fraction of sp³-hybridized carbons (Fsp3) is 0.682. The molecule has 6 nitrogen and oxygen atoms in total. The molecular formula is C22H35N3O3S. The van der Waals surface area contributed by atoms with E-state index in [1.165, 1.54) is 37.7 Å². The van der Waals surface area contributed by atoms with Crippen molar-refractivity contribution in [1.29, 1.82) is 0 Å². The zero-order valence-electron chi connectivity index (χ0n) is 17.6. The summed E-state index contributed by atoms with van der Waals surface area (Å²) in [6.07, 6.45) is 7.79. The van der Waals surface area contributed by atoms with Gasteiger partial charge in [0.25, 0.3) is 0 Å². The van der Waals surface area contributed by atoms with E-state index in [0.29, 0.717) is 38.5 Å². The van der Waals surface area contributed by atoms with Crippen molar-refractivity contribution in [2.75, 3.05) is 43.4 Å². The van der Waals surface area contributed by atoms with Crippen LogP contribution in [0, 0.1) is 12.8 Å². The smallest absolute Gasteiger partial charge is 0.220 e. The molecule has 1 N–H and O–H groups in total. The van der Waals surface area contributed by atoms with Gasteiger partial charge < -0.3 is 10.2 Å². The molecule has 1 amide bonds. The molecule has 1 aliphatic heterocycles. The third kappa shape index (κ3) is 6.71. The first-order valence-corrected chi connectivity index (χ1v) is 12.6. The van der Waals surface area contributed by atoms with Crippen LogP contribution in [-0.2, 0) is 14.8 Å². The highest BCUT2D eigenvalue weighted by Crippen LogP contribution is 2.27. The SMILES string of the molecule is Cc1cccc(N2CCN(S(=O)(=O)CCNC(=O)CCC3CCCCC3)CC2)c1. The minimum atomic E-state index is -3.34. The van der Waals surface area contributed by atoms with Crippen LogP contribution in [0.15, 0.2) is 24.3 Å². The number of rotatable bonds is 8. The molecule has 0 unspecified atom stereocenters. The van der Waals surface area contributed by atoms with Crippen LogP contribution in [0.3, 0.4) is 0 Å². The van der Waals surface area contributed by atoms with Crippen LogP contribution >= 0.6 is 0 Å². The Morgan fingerprint density at radius 1 is 1.10 bits per heavy atom. The number of hydrogen-bond acceptors (Lipinski definition) is 4. The fourth-order valence-corrected chi connectivity index (χ4v) is 5.73.